The molecule has 0 saturated carbocycles. The SMILES string of the molecule is C=C(C)C(=O)NC(CC(C)C)C(=O)OC(CCCCCCCCCCC)CC1OC(=O)C1CCCCCC. The van der Waals surface area contributed by atoms with Crippen LogP contribution in [0, 0.1) is 11.8 Å². The lowest BCUT2D eigenvalue weighted by molar-refractivity contribution is -0.190. The molecule has 4 atom stereocenters. The average Bonchev–Trinajstić information content (AvgIpc) is 2.86. The van der Waals surface area contributed by atoms with E-state index in [0.29, 0.717) is 18.4 Å². The Bertz CT molecular complexity index is 704. The Hall–Kier alpha value is -1.85. The van der Waals surface area contributed by atoms with Gasteiger partial charge in [-0.15, -0.1) is 0 Å². The van der Waals surface area contributed by atoms with Gasteiger partial charge in [0.25, 0.3) is 0 Å². The van der Waals surface area contributed by atoms with E-state index in [1.807, 2.05) is 13.8 Å². The summed E-state index contributed by atoms with van der Waals surface area (Å²) < 4.78 is 11.5. The molecule has 0 aliphatic carbocycles. The van der Waals surface area contributed by atoms with Gasteiger partial charge < -0.3 is 14.8 Å². The zero-order valence-electron chi connectivity index (χ0n) is 25.2. The lowest BCUT2D eigenvalue weighted by atomic mass is 9.86. The minimum absolute atomic E-state index is 0.0919. The van der Waals surface area contributed by atoms with Crippen LogP contribution in [0.25, 0.3) is 0 Å². The van der Waals surface area contributed by atoms with Crippen LogP contribution in [-0.2, 0) is 23.9 Å². The molecule has 220 valence electrons. The number of hydrogen-bond acceptors (Lipinski definition) is 5. The highest BCUT2D eigenvalue weighted by Gasteiger charge is 2.43. The highest BCUT2D eigenvalue weighted by atomic mass is 16.6. The largest absolute Gasteiger partial charge is 0.461 e. The number of carbonyl (C=O) groups is 3. The number of carbonyl (C=O) groups excluding carboxylic acids is 3. The molecule has 4 unspecified atom stereocenters. The van der Waals surface area contributed by atoms with Crippen molar-refractivity contribution in [1.29, 1.82) is 0 Å². The van der Waals surface area contributed by atoms with Gasteiger partial charge in [0.1, 0.15) is 18.2 Å². The van der Waals surface area contributed by atoms with Gasteiger partial charge in [-0.1, -0.05) is 111 Å². The van der Waals surface area contributed by atoms with E-state index >= 15 is 0 Å². The van der Waals surface area contributed by atoms with Crippen molar-refractivity contribution in [2.75, 3.05) is 0 Å². The predicted octanol–water partition coefficient (Wildman–Crippen LogP) is 7.83. The van der Waals surface area contributed by atoms with Crippen LogP contribution in [0.4, 0.5) is 0 Å². The van der Waals surface area contributed by atoms with Crippen LogP contribution in [-0.4, -0.2) is 36.1 Å². The molecule has 0 radical (unpaired) electrons. The van der Waals surface area contributed by atoms with Crippen LogP contribution in [0.2, 0.25) is 0 Å². The summed E-state index contributed by atoms with van der Waals surface area (Å²) in [6.07, 6.45) is 17.7. The van der Waals surface area contributed by atoms with Crippen LogP contribution in [0.1, 0.15) is 144 Å². The Balaban J connectivity index is 2.71. The molecule has 0 aromatic heterocycles. The molecule has 1 heterocycles. The molecular formula is C32H57NO5. The number of hydrogen-bond donors (Lipinski definition) is 1. The Labute approximate surface area is 233 Å². The van der Waals surface area contributed by atoms with Gasteiger partial charge in [-0.25, -0.2) is 4.79 Å². The molecule has 6 heteroatoms. The molecule has 0 aromatic carbocycles. The molecule has 1 saturated heterocycles. The van der Waals surface area contributed by atoms with Gasteiger partial charge in [0.05, 0.1) is 5.92 Å². The number of nitrogens with one attached hydrogen (secondary N) is 1. The van der Waals surface area contributed by atoms with Crippen molar-refractivity contribution in [3.8, 4) is 0 Å². The zero-order valence-corrected chi connectivity index (χ0v) is 25.2. The topological polar surface area (TPSA) is 81.7 Å². The molecule has 1 aliphatic heterocycles. The van der Waals surface area contributed by atoms with Gasteiger partial charge in [-0.05, 0) is 38.5 Å². The normalized spacial score (nSPS) is 18.4. The molecule has 1 N–H and O–H groups in total. The summed E-state index contributed by atoms with van der Waals surface area (Å²) in [5, 5.41) is 2.80. The van der Waals surface area contributed by atoms with Crippen LogP contribution in [0.5, 0.6) is 0 Å². The summed E-state index contributed by atoms with van der Waals surface area (Å²) >= 11 is 0. The molecule has 0 bridgehead atoms. The average molecular weight is 536 g/mol. The van der Waals surface area contributed by atoms with Crippen LogP contribution < -0.4 is 5.32 Å². The van der Waals surface area contributed by atoms with Crippen molar-refractivity contribution in [3.05, 3.63) is 12.2 Å². The Morgan fingerprint density at radius 1 is 0.921 bits per heavy atom. The first kappa shape index (κ1) is 34.2. The zero-order chi connectivity index (χ0) is 28.3. The summed E-state index contributed by atoms with van der Waals surface area (Å²) in [6, 6.07) is -0.710. The van der Waals surface area contributed by atoms with Gasteiger partial charge in [0.15, 0.2) is 0 Å². The first-order valence-electron chi connectivity index (χ1n) is 15.6. The van der Waals surface area contributed by atoms with Crippen molar-refractivity contribution < 1.29 is 23.9 Å². The molecule has 0 aromatic rings. The van der Waals surface area contributed by atoms with Crippen LogP contribution in [0.15, 0.2) is 12.2 Å². The maximum absolute atomic E-state index is 13.2. The van der Waals surface area contributed by atoms with Crippen molar-refractivity contribution in [3.63, 3.8) is 0 Å². The Morgan fingerprint density at radius 3 is 2.00 bits per heavy atom. The molecule has 38 heavy (non-hydrogen) atoms. The molecule has 0 spiro atoms. The molecular weight excluding hydrogens is 478 g/mol. The number of cyclic esters (lactones) is 1. The number of ether oxygens (including phenoxy) is 2. The van der Waals surface area contributed by atoms with Gasteiger partial charge in [-0.2, -0.15) is 0 Å². The molecule has 1 rings (SSSR count). The van der Waals surface area contributed by atoms with Crippen LogP contribution >= 0.6 is 0 Å². The second-order valence-electron chi connectivity index (χ2n) is 11.8. The number of amides is 1. The van der Waals surface area contributed by atoms with Gasteiger partial charge in [0, 0.05) is 12.0 Å². The lowest BCUT2D eigenvalue weighted by Crippen LogP contribution is -2.48. The summed E-state index contributed by atoms with van der Waals surface area (Å²) in [7, 11) is 0. The van der Waals surface area contributed by atoms with E-state index in [9.17, 15) is 14.4 Å². The van der Waals surface area contributed by atoms with Crippen molar-refractivity contribution in [1.82, 2.24) is 5.32 Å². The monoisotopic (exact) mass is 535 g/mol. The van der Waals surface area contributed by atoms with E-state index < -0.39 is 12.0 Å². The predicted molar refractivity (Wildman–Crippen MR) is 155 cm³/mol. The number of unbranched alkanes of at least 4 members (excludes halogenated alkanes) is 11. The van der Waals surface area contributed by atoms with E-state index in [1.54, 1.807) is 6.92 Å². The molecule has 1 aliphatic rings. The van der Waals surface area contributed by atoms with E-state index in [1.165, 1.54) is 51.4 Å². The van der Waals surface area contributed by atoms with Crippen molar-refractivity contribution >= 4 is 17.8 Å². The second-order valence-corrected chi connectivity index (χ2v) is 11.8. The molecule has 6 nitrogen and oxygen atoms in total. The molecule has 1 amide bonds. The lowest BCUT2D eigenvalue weighted by Gasteiger charge is -2.37. The van der Waals surface area contributed by atoms with E-state index in [4.69, 9.17) is 9.47 Å². The fourth-order valence-electron chi connectivity index (χ4n) is 5.09. The number of rotatable bonds is 23. The fourth-order valence-corrected chi connectivity index (χ4v) is 5.09. The molecule has 1 fully saturated rings. The van der Waals surface area contributed by atoms with Crippen LogP contribution in [0.3, 0.4) is 0 Å². The maximum Gasteiger partial charge on any atom is 0.328 e. The second kappa shape index (κ2) is 20.1. The standard InChI is InChI=1S/C32H57NO5/c1-7-9-11-13-14-15-16-17-18-20-26(23-29-27(31(35)38-29)21-19-12-10-8-2)37-32(36)28(22-24(3)4)33-30(34)25(5)6/h24,26-29H,5,7-23H2,1-4,6H3,(H,33,34). The van der Waals surface area contributed by atoms with Gasteiger partial charge in [0.2, 0.25) is 5.91 Å². The quantitative estimate of drug-likeness (QED) is 0.0819. The third kappa shape index (κ3) is 14.3. The first-order chi connectivity index (χ1) is 18.2. The van der Waals surface area contributed by atoms with Crippen molar-refractivity contribution in [2.24, 2.45) is 11.8 Å². The fraction of sp³-hybridized carbons (Fsp3) is 0.844. The third-order valence-corrected chi connectivity index (χ3v) is 7.48. The maximum atomic E-state index is 13.2. The minimum Gasteiger partial charge on any atom is -0.461 e. The third-order valence-electron chi connectivity index (χ3n) is 7.48. The summed E-state index contributed by atoms with van der Waals surface area (Å²) in [4.78, 5) is 37.6. The van der Waals surface area contributed by atoms with Gasteiger partial charge in [-0.3, -0.25) is 9.59 Å². The highest BCUT2D eigenvalue weighted by Crippen LogP contribution is 2.32. The van der Waals surface area contributed by atoms with E-state index in [-0.39, 0.29) is 35.9 Å². The first-order valence-corrected chi connectivity index (χ1v) is 15.6. The Morgan fingerprint density at radius 2 is 1.47 bits per heavy atom. The number of esters is 2. The highest BCUT2D eigenvalue weighted by molar-refractivity contribution is 5.95. The summed E-state index contributed by atoms with van der Waals surface area (Å²) in [5.41, 5.74) is 0.366. The minimum atomic E-state index is -0.710. The summed E-state index contributed by atoms with van der Waals surface area (Å²) in [6.45, 7) is 13.8. The summed E-state index contributed by atoms with van der Waals surface area (Å²) in [5.74, 6) is -0.729. The van der Waals surface area contributed by atoms with E-state index in [0.717, 1.165) is 44.9 Å². The smallest absolute Gasteiger partial charge is 0.328 e. The Kier molecular flexibility index (Phi) is 18.1. The van der Waals surface area contributed by atoms with E-state index in [2.05, 4.69) is 25.7 Å². The van der Waals surface area contributed by atoms with Gasteiger partial charge >= 0.3 is 11.9 Å². The van der Waals surface area contributed by atoms with Crippen molar-refractivity contribution in [2.45, 2.75) is 162 Å².